The molecule has 0 unspecified atom stereocenters. The van der Waals surface area contributed by atoms with Crippen molar-refractivity contribution in [1.29, 1.82) is 0 Å². The molecule has 2 aromatic heterocycles. The molecular formula is C22H25N5OS2. The van der Waals surface area contributed by atoms with Crippen molar-refractivity contribution in [3.05, 3.63) is 46.2 Å². The van der Waals surface area contributed by atoms with Crippen molar-refractivity contribution in [3.8, 4) is 0 Å². The van der Waals surface area contributed by atoms with Gasteiger partial charge in [0, 0.05) is 30.0 Å². The molecule has 2 aliphatic rings. The summed E-state index contributed by atoms with van der Waals surface area (Å²) in [5, 5.41) is 12.7. The zero-order valence-electron chi connectivity index (χ0n) is 17.5. The SMILES string of the molecule is CC(=O)N(c1nc(CSc2nnc(C3CC3)n2C2CC2)cs1)c1ccc(C)cc1C. The number of aromatic nitrogens is 4. The number of anilines is 2. The van der Waals surface area contributed by atoms with Gasteiger partial charge in [0.05, 0.1) is 11.4 Å². The highest BCUT2D eigenvalue weighted by Crippen LogP contribution is 2.46. The molecular weight excluding hydrogens is 414 g/mol. The lowest BCUT2D eigenvalue weighted by molar-refractivity contribution is -0.115. The van der Waals surface area contributed by atoms with Crippen molar-refractivity contribution >= 4 is 39.8 Å². The lowest BCUT2D eigenvalue weighted by atomic mass is 10.1. The van der Waals surface area contributed by atoms with E-state index in [0.717, 1.165) is 27.9 Å². The first-order valence-electron chi connectivity index (χ1n) is 10.4. The van der Waals surface area contributed by atoms with E-state index in [4.69, 9.17) is 4.98 Å². The normalized spacial score (nSPS) is 16.1. The maximum Gasteiger partial charge on any atom is 0.230 e. The Morgan fingerprint density at radius 2 is 2.03 bits per heavy atom. The second-order valence-electron chi connectivity index (χ2n) is 8.27. The minimum Gasteiger partial charge on any atom is -0.303 e. The molecule has 0 radical (unpaired) electrons. The summed E-state index contributed by atoms with van der Waals surface area (Å²) < 4.78 is 2.37. The Bertz CT molecular complexity index is 1100. The first kappa shape index (κ1) is 19.8. The van der Waals surface area contributed by atoms with E-state index >= 15 is 0 Å². The molecule has 156 valence electrons. The summed E-state index contributed by atoms with van der Waals surface area (Å²) >= 11 is 3.21. The number of rotatable bonds is 7. The van der Waals surface area contributed by atoms with Crippen LogP contribution >= 0.6 is 23.1 Å². The second-order valence-corrected chi connectivity index (χ2v) is 10.0. The van der Waals surface area contributed by atoms with Gasteiger partial charge in [0.1, 0.15) is 5.82 Å². The predicted molar refractivity (Wildman–Crippen MR) is 121 cm³/mol. The smallest absolute Gasteiger partial charge is 0.230 e. The van der Waals surface area contributed by atoms with Gasteiger partial charge in [0.25, 0.3) is 0 Å². The zero-order chi connectivity index (χ0) is 20.8. The molecule has 3 aromatic rings. The third kappa shape index (κ3) is 3.90. The maximum absolute atomic E-state index is 12.4. The van der Waals surface area contributed by atoms with E-state index in [9.17, 15) is 4.79 Å². The summed E-state index contributed by atoms with van der Waals surface area (Å²) in [6.07, 6.45) is 4.94. The highest BCUT2D eigenvalue weighted by atomic mass is 32.2. The van der Waals surface area contributed by atoms with Crippen LogP contribution in [0.1, 0.15) is 67.2 Å². The molecule has 1 amide bonds. The number of carbonyl (C=O) groups is 1. The van der Waals surface area contributed by atoms with E-state index in [1.165, 1.54) is 48.4 Å². The van der Waals surface area contributed by atoms with Crippen LogP contribution in [0.2, 0.25) is 0 Å². The van der Waals surface area contributed by atoms with Gasteiger partial charge in [0.15, 0.2) is 10.3 Å². The number of amides is 1. The average Bonchev–Trinajstić information content (AvgIpc) is 3.64. The van der Waals surface area contributed by atoms with E-state index in [1.54, 1.807) is 23.6 Å². The van der Waals surface area contributed by atoms with Crippen LogP contribution in [0.3, 0.4) is 0 Å². The van der Waals surface area contributed by atoms with Gasteiger partial charge in [-0.3, -0.25) is 9.69 Å². The van der Waals surface area contributed by atoms with Crippen LogP contribution in [0.15, 0.2) is 28.7 Å². The summed E-state index contributed by atoms with van der Waals surface area (Å²) in [5.74, 6) is 2.49. The Kier molecular flexibility index (Phi) is 5.14. The highest BCUT2D eigenvalue weighted by Gasteiger charge is 2.36. The molecule has 2 heterocycles. The van der Waals surface area contributed by atoms with Crippen LogP contribution in [0.25, 0.3) is 0 Å². The number of carbonyl (C=O) groups excluding carboxylic acids is 1. The number of thioether (sulfide) groups is 1. The monoisotopic (exact) mass is 439 g/mol. The van der Waals surface area contributed by atoms with Gasteiger partial charge >= 0.3 is 0 Å². The number of aryl methyl sites for hydroxylation is 2. The molecule has 2 fully saturated rings. The lowest BCUT2D eigenvalue weighted by Gasteiger charge is -2.20. The molecule has 0 saturated heterocycles. The quantitative estimate of drug-likeness (QED) is 0.452. The average molecular weight is 440 g/mol. The summed E-state index contributed by atoms with van der Waals surface area (Å²) in [6.45, 7) is 5.68. The molecule has 2 aliphatic carbocycles. The number of nitrogens with zero attached hydrogens (tertiary/aromatic N) is 5. The minimum atomic E-state index is -0.0296. The Balaban J connectivity index is 1.34. The molecule has 5 rings (SSSR count). The van der Waals surface area contributed by atoms with Crippen molar-refractivity contribution in [2.24, 2.45) is 0 Å². The summed E-state index contributed by atoms with van der Waals surface area (Å²) in [4.78, 5) is 18.9. The van der Waals surface area contributed by atoms with Crippen molar-refractivity contribution in [2.45, 2.75) is 69.3 Å². The number of hydrogen-bond acceptors (Lipinski definition) is 6. The molecule has 2 saturated carbocycles. The van der Waals surface area contributed by atoms with E-state index in [2.05, 4.69) is 27.8 Å². The highest BCUT2D eigenvalue weighted by molar-refractivity contribution is 7.98. The van der Waals surface area contributed by atoms with E-state index in [1.807, 2.05) is 24.4 Å². The molecule has 30 heavy (non-hydrogen) atoms. The van der Waals surface area contributed by atoms with Crippen LogP contribution in [0, 0.1) is 13.8 Å². The number of thiazole rings is 1. The molecule has 1 aromatic carbocycles. The summed E-state index contributed by atoms with van der Waals surface area (Å²) in [7, 11) is 0. The van der Waals surface area contributed by atoms with Crippen LogP contribution in [-0.4, -0.2) is 25.7 Å². The fraction of sp³-hybridized carbons (Fsp3) is 0.455. The molecule has 6 nitrogen and oxygen atoms in total. The van der Waals surface area contributed by atoms with Crippen molar-refractivity contribution in [1.82, 2.24) is 19.7 Å². The zero-order valence-corrected chi connectivity index (χ0v) is 19.1. The first-order valence-corrected chi connectivity index (χ1v) is 12.3. The van der Waals surface area contributed by atoms with Crippen LogP contribution < -0.4 is 4.90 Å². The van der Waals surface area contributed by atoms with E-state index in [-0.39, 0.29) is 5.91 Å². The largest absolute Gasteiger partial charge is 0.303 e. The predicted octanol–water partition coefficient (Wildman–Crippen LogP) is 5.54. The molecule has 0 N–H and O–H groups in total. The molecule has 0 atom stereocenters. The standard InChI is InChI=1S/C22H25N5OS2/c1-13-4-9-19(14(2)10-13)26(15(3)28)21-23-17(11-29-21)12-30-22-25-24-20(16-5-6-16)27(22)18-7-8-18/h4,9-11,16,18H,5-8,12H2,1-3H3. The molecule has 8 heteroatoms. The third-order valence-corrected chi connectivity index (χ3v) is 7.38. The van der Waals surface area contributed by atoms with Crippen LogP contribution in [0.5, 0.6) is 0 Å². The van der Waals surface area contributed by atoms with Gasteiger partial charge in [-0.2, -0.15) is 0 Å². The Morgan fingerprint density at radius 3 is 2.70 bits per heavy atom. The fourth-order valence-corrected chi connectivity index (χ4v) is 5.64. The maximum atomic E-state index is 12.4. The van der Waals surface area contributed by atoms with Gasteiger partial charge in [-0.25, -0.2) is 4.98 Å². The number of hydrogen-bond donors (Lipinski definition) is 0. The van der Waals surface area contributed by atoms with Crippen molar-refractivity contribution in [3.63, 3.8) is 0 Å². The summed E-state index contributed by atoms with van der Waals surface area (Å²) in [5.41, 5.74) is 4.11. The van der Waals surface area contributed by atoms with Crippen LogP contribution in [-0.2, 0) is 10.5 Å². The van der Waals surface area contributed by atoms with Gasteiger partial charge in [0.2, 0.25) is 5.91 Å². The van der Waals surface area contributed by atoms with Gasteiger partial charge in [-0.05, 0) is 51.2 Å². The molecule has 0 spiro atoms. The van der Waals surface area contributed by atoms with Crippen molar-refractivity contribution < 1.29 is 4.79 Å². The van der Waals surface area contributed by atoms with Crippen molar-refractivity contribution in [2.75, 3.05) is 4.90 Å². The van der Waals surface area contributed by atoms with Gasteiger partial charge in [-0.1, -0.05) is 29.5 Å². The fourth-order valence-electron chi connectivity index (χ4n) is 3.75. The molecule has 0 bridgehead atoms. The first-order chi connectivity index (χ1) is 14.5. The third-order valence-electron chi connectivity index (χ3n) is 5.53. The molecule has 0 aliphatic heterocycles. The number of benzene rings is 1. The Labute approximate surface area is 184 Å². The topological polar surface area (TPSA) is 63.9 Å². The van der Waals surface area contributed by atoms with E-state index in [0.29, 0.717) is 17.1 Å². The summed E-state index contributed by atoms with van der Waals surface area (Å²) in [6, 6.07) is 6.71. The minimum absolute atomic E-state index is 0.0296. The second kappa shape index (κ2) is 7.81. The van der Waals surface area contributed by atoms with Crippen LogP contribution in [0.4, 0.5) is 10.8 Å². The van der Waals surface area contributed by atoms with Gasteiger partial charge < -0.3 is 4.57 Å². The Hall–Kier alpha value is -2.19. The Morgan fingerprint density at radius 1 is 1.23 bits per heavy atom. The van der Waals surface area contributed by atoms with Gasteiger partial charge in [-0.15, -0.1) is 21.5 Å². The van der Waals surface area contributed by atoms with E-state index < -0.39 is 0 Å². The lowest BCUT2D eigenvalue weighted by Crippen LogP contribution is -2.23.